The van der Waals surface area contributed by atoms with Crippen LogP contribution in [-0.4, -0.2) is 30.3 Å². The van der Waals surface area contributed by atoms with Gasteiger partial charge in [0.1, 0.15) is 5.82 Å². The number of nitrogens with zero attached hydrogens (tertiary/aromatic N) is 2. The summed E-state index contributed by atoms with van der Waals surface area (Å²) in [5.41, 5.74) is 0. The maximum atomic E-state index is 12.6. The van der Waals surface area contributed by atoms with Crippen LogP contribution in [0.4, 0.5) is 10.2 Å². The van der Waals surface area contributed by atoms with E-state index in [0.717, 1.165) is 0 Å². The highest BCUT2D eigenvalue weighted by atomic mass is 19.1. The molecule has 0 aliphatic heterocycles. The van der Waals surface area contributed by atoms with Crippen molar-refractivity contribution in [3.8, 4) is 0 Å². The summed E-state index contributed by atoms with van der Waals surface area (Å²) in [6, 6.07) is 4.57. The largest absolute Gasteiger partial charge is 0.395 e. The first-order valence-corrected chi connectivity index (χ1v) is 3.68. The van der Waals surface area contributed by atoms with Crippen LogP contribution in [0.1, 0.15) is 0 Å². The van der Waals surface area contributed by atoms with Crippen molar-refractivity contribution in [1.82, 2.24) is 4.98 Å². The van der Waals surface area contributed by atoms with Gasteiger partial charge in [-0.05, 0) is 12.1 Å². The third-order valence-electron chi connectivity index (χ3n) is 1.53. The van der Waals surface area contributed by atoms with E-state index in [1.165, 1.54) is 6.07 Å². The summed E-state index contributed by atoms with van der Waals surface area (Å²) in [6.07, 6.45) is 0. The van der Waals surface area contributed by atoms with Gasteiger partial charge in [-0.25, -0.2) is 4.98 Å². The predicted molar refractivity (Wildman–Crippen MR) is 44.6 cm³/mol. The minimum Gasteiger partial charge on any atom is -0.395 e. The summed E-state index contributed by atoms with van der Waals surface area (Å²) in [7, 11) is 1.75. The predicted octanol–water partition coefficient (Wildman–Crippen LogP) is 0.649. The number of aromatic nitrogens is 1. The molecular weight excluding hydrogens is 159 g/mol. The van der Waals surface area contributed by atoms with Gasteiger partial charge < -0.3 is 10.0 Å². The molecule has 0 bridgehead atoms. The molecule has 3 nitrogen and oxygen atoms in total. The Kier molecular flexibility index (Phi) is 2.99. The lowest BCUT2D eigenvalue weighted by Crippen LogP contribution is -2.22. The summed E-state index contributed by atoms with van der Waals surface area (Å²) in [4.78, 5) is 5.32. The Balaban J connectivity index is 2.73. The summed E-state index contributed by atoms with van der Waals surface area (Å²) in [6.45, 7) is 0.491. The van der Waals surface area contributed by atoms with Crippen LogP contribution in [0.3, 0.4) is 0 Å². The molecule has 0 radical (unpaired) electrons. The topological polar surface area (TPSA) is 36.4 Å². The Labute approximate surface area is 70.5 Å². The molecule has 0 unspecified atom stereocenters. The van der Waals surface area contributed by atoms with Crippen LogP contribution in [0.15, 0.2) is 18.2 Å². The van der Waals surface area contributed by atoms with Gasteiger partial charge in [-0.2, -0.15) is 4.39 Å². The van der Waals surface area contributed by atoms with Crippen LogP contribution < -0.4 is 4.90 Å². The Morgan fingerprint density at radius 1 is 1.58 bits per heavy atom. The molecule has 66 valence electrons. The van der Waals surface area contributed by atoms with Gasteiger partial charge in [-0.3, -0.25) is 0 Å². The molecule has 12 heavy (non-hydrogen) atoms. The van der Waals surface area contributed by atoms with Crippen LogP contribution in [0.25, 0.3) is 0 Å². The smallest absolute Gasteiger partial charge is 0.214 e. The minimum absolute atomic E-state index is 0.0364. The van der Waals surface area contributed by atoms with Crippen LogP contribution >= 0.6 is 0 Å². The van der Waals surface area contributed by atoms with Crippen molar-refractivity contribution >= 4 is 5.82 Å². The third kappa shape index (κ3) is 2.17. The van der Waals surface area contributed by atoms with E-state index in [1.807, 2.05) is 0 Å². The Hall–Kier alpha value is -1.16. The van der Waals surface area contributed by atoms with Crippen molar-refractivity contribution in [1.29, 1.82) is 0 Å². The van der Waals surface area contributed by atoms with Crippen molar-refractivity contribution in [3.63, 3.8) is 0 Å². The standard InChI is InChI=1S/C8H11FN2O/c1-11(5-6-12)8-4-2-3-7(9)10-8/h2-4,12H,5-6H2,1H3. The first-order valence-electron chi connectivity index (χ1n) is 3.68. The van der Waals surface area contributed by atoms with E-state index in [4.69, 9.17) is 5.11 Å². The van der Waals surface area contributed by atoms with E-state index in [2.05, 4.69) is 4.98 Å². The number of rotatable bonds is 3. The number of aliphatic hydroxyl groups excluding tert-OH is 1. The highest BCUT2D eigenvalue weighted by molar-refractivity contribution is 5.36. The molecule has 0 aliphatic rings. The fourth-order valence-corrected chi connectivity index (χ4v) is 0.875. The molecule has 0 aliphatic carbocycles. The molecule has 1 aromatic rings. The van der Waals surface area contributed by atoms with Crippen molar-refractivity contribution in [2.75, 3.05) is 25.1 Å². The molecule has 0 aromatic carbocycles. The summed E-state index contributed by atoms with van der Waals surface area (Å²) >= 11 is 0. The molecule has 0 atom stereocenters. The molecule has 1 N–H and O–H groups in total. The van der Waals surface area contributed by atoms with Crippen molar-refractivity contribution in [2.24, 2.45) is 0 Å². The summed E-state index contributed by atoms with van der Waals surface area (Å²) in [5.74, 6) is 0.0290. The molecule has 0 amide bonds. The van der Waals surface area contributed by atoms with Gasteiger partial charge in [0.25, 0.3) is 0 Å². The quantitative estimate of drug-likeness (QED) is 0.676. The van der Waals surface area contributed by atoms with E-state index in [0.29, 0.717) is 12.4 Å². The number of halogens is 1. The maximum absolute atomic E-state index is 12.6. The second kappa shape index (κ2) is 4.01. The fourth-order valence-electron chi connectivity index (χ4n) is 0.875. The second-order valence-corrected chi connectivity index (χ2v) is 2.46. The van der Waals surface area contributed by atoms with Gasteiger partial charge in [-0.15, -0.1) is 0 Å². The van der Waals surface area contributed by atoms with Crippen molar-refractivity contribution in [3.05, 3.63) is 24.1 Å². The molecule has 0 fully saturated rings. The van der Waals surface area contributed by atoms with E-state index in [9.17, 15) is 4.39 Å². The maximum Gasteiger partial charge on any atom is 0.214 e. The normalized spacial score (nSPS) is 9.92. The first-order chi connectivity index (χ1) is 5.74. The summed E-state index contributed by atoms with van der Waals surface area (Å²) in [5, 5.41) is 8.60. The Morgan fingerprint density at radius 2 is 2.33 bits per heavy atom. The van der Waals surface area contributed by atoms with Gasteiger partial charge in [0.05, 0.1) is 6.61 Å². The van der Waals surface area contributed by atoms with Crippen LogP contribution in [0.2, 0.25) is 0 Å². The van der Waals surface area contributed by atoms with Gasteiger partial charge in [0.2, 0.25) is 5.95 Å². The molecule has 4 heteroatoms. The lowest BCUT2D eigenvalue weighted by atomic mass is 10.4. The van der Waals surface area contributed by atoms with Gasteiger partial charge in [0, 0.05) is 13.6 Å². The van der Waals surface area contributed by atoms with E-state index in [1.54, 1.807) is 24.1 Å². The highest BCUT2D eigenvalue weighted by Gasteiger charge is 2.01. The molecule has 1 rings (SSSR count). The number of pyridine rings is 1. The summed E-state index contributed by atoms with van der Waals surface area (Å²) < 4.78 is 12.6. The van der Waals surface area contributed by atoms with Gasteiger partial charge in [-0.1, -0.05) is 6.07 Å². The molecule has 1 heterocycles. The number of anilines is 1. The number of hydrogen-bond donors (Lipinski definition) is 1. The Bertz CT molecular complexity index is 255. The average Bonchev–Trinajstić information content (AvgIpc) is 2.05. The SMILES string of the molecule is CN(CCO)c1cccc(F)n1. The monoisotopic (exact) mass is 170 g/mol. The Morgan fingerprint density at radius 3 is 2.92 bits per heavy atom. The highest BCUT2D eigenvalue weighted by Crippen LogP contribution is 2.07. The second-order valence-electron chi connectivity index (χ2n) is 2.46. The number of likely N-dealkylation sites (N-methyl/N-ethyl adjacent to an activating group) is 1. The first kappa shape index (κ1) is 8.93. The van der Waals surface area contributed by atoms with Crippen LogP contribution in [0, 0.1) is 5.95 Å². The third-order valence-corrected chi connectivity index (χ3v) is 1.53. The van der Waals surface area contributed by atoms with E-state index < -0.39 is 5.95 Å². The molecule has 0 spiro atoms. The van der Waals surface area contributed by atoms with Gasteiger partial charge in [0.15, 0.2) is 0 Å². The zero-order valence-corrected chi connectivity index (χ0v) is 6.87. The zero-order valence-electron chi connectivity index (χ0n) is 6.87. The lowest BCUT2D eigenvalue weighted by Gasteiger charge is -2.15. The fraction of sp³-hybridized carbons (Fsp3) is 0.375. The molecule has 1 aromatic heterocycles. The van der Waals surface area contributed by atoms with Crippen LogP contribution in [0.5, 0.6) is 0 Å². The molecular formula is C8H11FN2O. The number of aliphatic hydroxyl groups is 1. The van der Waals surface area contributed by atoms with Gasteiger partial charge >= 0.3 is 0 Å². The molecule has 0 saturated carbocycles. The average molecular weight is 170 g/mol. The minimum atomic E-state index is -0.503. The van der Waals surface area contributed by atoms with E-state index >= 15 is 0 Å². The number of hydrogen-bond acceptors (Lipinski definition) is 3. The zero-order chi connectivity index (χ0) is 8.97. The lowest BCUT2D eigenvalue weighted by molar-refractivity contribution is 0.303. The molecule has 0 saturated heterocycles. The van der Waals surface area contributed by atoms with Crippen LogP contribution in [-0.2, 0) is 0 Å². The van der Waals surface area contributed by atoms with E-state index in [-0.39, 0.29) is 6.61 Å². The van der Waals surface area contributed by atoms with Crippen molar-refractivity contribution < 1.29 is 9.50 Å². The van der Waals surface area contributed by atoms with Crippen molar-refractivity contribution in [2.45, 2.75) is 0 Å².